The molecule has 0 aromatic heterocycles. The van der Waals surface area contributed by atoms with Gasteiger partial charge in [0.1, 0.15) is 0 Å². The first kappa shape index (κ1) is 9.56. The maximum absolute atomic E-state index is 11.5. The Morgan fingerprint density at radius 1 is 1.50 bits per heavy atom. The van der Waals surface area contributed by atoms with Gasteiger partial charge in [0.25, 0.3) is 0 Å². The third kappa shape index (κ3) is 2.50. The summed E-state index contributed by atoms with van der Waals surface area (Å²) in [7, 11) is 0. The average molecular weight is 169 g/mol. The summed E-state index contributed by atoms with van der Waals surface area (Å²) >= 11 is 0. The number of nitrogens with one attached hydrogen (secondary N) is 1. The fourth-order valence-electron chi connectivity index (χ4n) is 0.959. The summed E-state index contributed by atoms with van der Waals surface area (Å²) in [5.41, 5.74) is -0.186. The van der Waals surface area contributed by atoms with Crippen molar-refractivity contribution in [3.8, 4) is 0 Å². The highest BCUT2D eigenvalue weighted by molar-refractivity contribution is 5.81. The van der Waals surface area contributed by atoms with Crippen molar-refractivity contribution < 1.29 is 4.79 Å². The summed E-state index contributed by atoms with van der Waals surface area (Å²) in [6, 6.07) is 0. The number of carbonyl (C=O) groups excluding carboxylic acids is 1. The van der Waals surface area contributed by atoms with Gasteiger partial charge < -0.3 is 5.32 Å². The van der Waals surface area contributed by atoms with Crippen LogP contribution in [0.15, 0.2) is 0 Å². The Kier molecular flexibility index (Phi) is 2.76. The predicted molar refractivity (Wildman–Crippen MR) is 49.8 cm³/mol. The van der Waals surface area contributed by atoms with E-state index in [1.165, 1.54) is 12.8 Å². The lowest BCUT2D eigenvalue weighted by molar-refractivity contribution is -0.129. The summed E-state index contributed by atoms with van der Waals surface area (Å²) in [6.07, 6.45) is 3.50. The molecule has 0 heterocycles. The van der Waals surface area contributed by atoms with E-state index in [-0.39, 0.29) is 11.3 Å². The lowest BCUT2D eigenvalue weighted by atomic mass is 9.89. The Morgan fingerprint density at radius 3 is 2.50 bits per heavy atom. The fraction of sp³-hybridized carbons (Fsp3) is 0.900. The smallest absolute Gasteiger partial charge is 0.225 e. The van der Waals surface area contributed by atoms with Crippen molar-refractivity contribution in [1.82, 2.24) is 5.32 Å². The van der Waals surface area contributed by atoms with E-state index in [4.69, 9.17) is 0 Å². The zero-order chi connectivity index (χ0) is 9.19. The Hall–Kier alpha value is -0.530. The molecule has 0 aromatic rings. The van der Waals surface area contributed by atoms with E-state index in [0.29, 0.717) is 0 Å². The molecule has 1 saturated carbocycles. The first-order valence-corrected chi connectivity index (χ1v) is 4.84. The van der Waals surface area contributed by atoms with E-state index in [1.807, 2.05) is 13.8 Å². The molecule has 1 amide bonds. The predicted octanol–water partition coefficient (Wildman–Crippen LogP) is 1.95. The largest absolute Gasteiger partial charge is 0.355 e. The zero-order valence-corrected chi connectivity index (χ0v) is 8.31. The molecule has 1 fully saturated rings. The lowest BCUT2D eigenvalue weighted by Gasteiger charge is -2.21. The molecule has 1 aliphatic rings. The molecule has 0 spiro atoms. The van der Waals surface area contributed by atoms with E-state index >= 15 is 0 Å². The van der Waals surface area contributed by atoms with Gasteiger partial charge in [0.05, 0.1) is 0 Å². The number of rotatable bonds is 4. The standard InChI is InChI=1S/C10H19NO/c1-4-10(2,3)9(12)11-7-8-5-6-8/h8H,4-7H2,1-3H3,(H,11,12). The van der Waals surface area contributed by atoms with Crippen LogP contribution in [0.25, 0.3) is 0 Å². The van der Waals surface area contributed by atoms with Gasteiger partial charge in [-0.3, -0.25) is 4.79 Å². The maximum Gasteiger partial charge on any atom is 0.225 e. The molecular formula is C10H19NO. The molecule has 0 aromatic carbocycles. The van der Waals surface area contributed by atoms with Gasteiger partial charge in [0, 0.05) is 12.0 Å². The normalized spacial score (nSPS) is 17.6. The van der Waals surface area contributed by atoms with Crippen molar-refractivity contribution in [2.75, 3.05) is 6.54 Å². The van der Waals surface area contributed by atoms with Crippen molar-refractivity contribution in [3.63, 3.8) is 0 Å². The number of hydrogen-bond acceptors (Lipinski definition) is 1. The number of amides is 1. The summed E-state index contributed by atoms with van der Waals surface area (Å²) in [6.45, 7) is 6.93. The van der Waals surface area contributed by atoms with Gasteiger partial charge in [0.15, 0.2) is 0 Å². The van der Waals surface area contributed by atoms with E-state index in [2.05, 4.69) is 12.2 Å². The molecule has 0 atom stereocenters. The fourth-order valence-corrected chi connectivity index (χ4v) is 0.959. The summed E-state index contributed by atoms with van der Waals surface area (Å²) in [4.78, 5) is 11.5. The molecule has 1 aliphatic carbocycles. The second-order valence-corrected chi connectivity index (χ2v) is 4.39. The monoisotopic (exact) mass is 169 g/mol. The van der Waals surface area contributed by atoms with Crippen LogP contribution in [0.2, 0.25) is 0 Å². The molecular weight excluding hydrogens is 150 g/mol. The molecule has 2 nitrogen and oxygen atoms in total. The van der Waals surface area contributed by atoms with Gasteiger partial charge in [-0.15, -0.1) is 0 Å². The molecule has 70 valence electrons. The van der Waals surface area contributed by atoms with Crippen LogP contribution in [0.3, 0.4) is 0 Å². The van der Waals surface area contributed by atoms with Crippen molar-refractivity contribution in [3.05, 3.63) is 0 Å². The van der Waals surface area contributed by atoms with Crippen LogP contribution < -0.4 is 5.32 Å². The van der Waals surface area contributed by atoms with Gasteiger partial charge in [-0.25, -0.2) is 0 Å². The van der Waals surface area contributed by atoms with E-state index < -0.39 is 0 Å². The molecule has 0 bridgehead atoms. The van der Waals surface area contributed by atoms with E-state index in [0.717, 1.165) is 18.9 Å². The summed E-state index contributed by atoms with van der Waals surface area (Å²) < 4.78 is 0. The SMILES string of the molecule is CCC(C)(C)C(=O)NCC1CC1. The third-order valence-corrected chi connectivity index (χ3v) is 2.75. The van der Waals surface area contributed by atoms with Crippen LogP contribution in [-0.4, -0.2) is 12.5 Å². The number of hydrogen-bond donors (Lipinski definition) is 1. The molecule has 0 saturated heterocycles. The van der Waals surface area contributed by atoms with E-state index in [1.54, 1.807) is 0 Å². The van der Waals surface area contributed by atoms with E-state index in [9.17, 15) is 4.79 Å². The highest BCUT2D eigenvalue weighted by Gasteiger charge is 2.27. The Labute approximate surface area is 74.7 Å². The van der Waals surface area contributed by atoms with Crippen molar-refractivity contribution in [1.29, 1.82) is 0 Å². The third-order valence-electron chi connectivity index (χ3n) is 2.75. The topological polar surface area (TPSA) is 29.1 Å². The zero-order valence-electron chi connectivity index (χ0n) is 8.31. The van der Waals surface area contributed by atoms with Gasteiger partial charge in [0.2, 0.25) is 5.91 Å². The molecule has 0 aliphatic heterocycles. The Bertz CT molecular complexity index is 171. The minimum absolute atomic E-state index is 0.186. The molecule has 12 heavy (non-hydrogen) atoms. The van der Waals surface area contributed by atoms with Gasteiger partial charge >= 0.3 is 0 Å². The molecule has 1 rings (SSSR count). The minimum atomic E-state index is -0.186. The first-order chi connectivity index (χ1) is 5.56. The minimum Gasteiger partial charge on any atom is -0.355 e. The summed E-state index contributed by atoms with van der Waals surface area (Å²) in [5, 5.41) is 3.00. The highest BCUT2D eigenvalue weighted by Crippen LogP contribution is 2.28. The Morgan fingerprint density at radius 2 is 2.08 bits per heavy atom. The summed E-state index contributed by atoms with van der Waals surface area (Å²) in [5.74, 6) is 0.985. The molecule has 1 N–H and O–H groups in total. The van der Waals surface area contributed by atoms with Gasteiger partial charge in [-0.1, -0.05) is 20.8 Å². The molecule has 0 radical (unpaired) electrons. The maximum atomic E-state index is 11.5. The van der Waals surface area contributed by atoms with Crippen molar-refractivity contribution in [2.45, 2.75) is 40.0 Å². The van der Waals surface area contributed by atoms with Crippen LogP contribution in [0.5, 0.6) is 0 Å². The van der Waals surface area contributed by atoms with Crippen molar-refractivity contribution in [2.24, 2.45) is 11.3 Å². The highest BCUT2D eigenvalue weighted by atomic mass is 16.2. The Balaban J connectivity index is 2.25. The second-order valence-electron chi connectivity index (χ2n) is 4.39. The van der Waals surface area contributed by atoms with Crippen molar-refractivity contribution >= 4 is 5.91 Å². The van der Waals surface area contributed by atoms with Gasteiger partial charge in [-0.05, 0) is 25.2 Å². The van der Waals surface area contributed by atoms with Crippen LogP contribution in [0.4, 0.5) is 0 Å². The van der Waals surface area contributed by atoms with Gasteiger partial charge in [-0.2, -0.15) is 0 Å². The first-order valence-electron chi connectivity index (χ1n) is 4.84. The van der Waals surface area contributed by atoms with Crippen LogP contribution in [0.1, 0.15) is 40.0 Å². The molecule has 2 heteroatoms. The second kappa shape index (κ2) is 3.46. The molecule has 0 unspecified atom stereocenters. The van der Waals surface area contributed by atoms with Crippen LogP contribution in [0, 0.1) is 11.3 Å². The average Bonchev–Trinajstić information content (AvgIpc) is 2.83. The number of carbonyl (C=O) groups is 1. The van der Waals surface area contributed by atoms with Crippen LogP contribution in [-0.2, 0) is 4.79 Å². The van der Waals surface area contributed by atoms with Crippen LogP contribution >= 0.6 is 0 Å². The lowest BCUT2D eigenvalue weighted by Crippen LogP contribution is -2.37. The quantitative estimate of drug-likeness (QED) is 0.684.